The number of hydrogen-bond donors (Lipinski definition) is 0. The minimum absolute atomic E-state index is 0.140. The van der Waals surface area contributed by atoms with Gasteiger partial charge in [0.05, 0.1) is 4.58 Å². The van der Waals surface area contributed by atoms with Gasteiger partial charge in [-0.25, -0.2) is 0 Å². The lowest BCUT2D eigenvalue weighted by Gasteiger charge is -2.10. The Balaban J connectivity index is 1.75. The van der Waals surface area contributed by atoms with Crippen molar-refractivity contribution in [3.05, 3.63) is 58.6 Å². The van der Waals surface area contributed by atoms with E-state index < -0.39 is 10.1 Å². The van der Waals surface area contributed by atoms with Gasteiger partial charge in [0.25, 0.3) is 0 Å². The Morgan fingerprint density at radius 1 is 0.955 bits per heavy atom. The van der Waals surface area contributed by atoms with Gasteiger partial charge in [-0.3, -0.25) is 0 Å². The molecule has 1 aliphatic rings. The molecule has 0 bridgehead atoms. The first kappa shape index (κ1) is 16.2. The molecule has 0 amide bonds. The molecule has 3 rings (SSSR count). The molecular weight excluding hydrogens is 404 g/mol. The lowest BCUT2D eigenvalue weighted by atomic mass is 10.2. The molecule has 2 aromatic rings. The second-order valence-electron chi connectivity index (χ2n) is 4.63. The van der Waals surface area contributed by atoms with E-state index in [0.717, 1.165) is 16.0 Å². The van der Waals surface area contributed by atoms with Crippen molar-refractivity contribution in [3.8, 4) is 5.75 Å². The van der Waals surface area contributed by atoms with Gasteiger partial charge in [0.2, 0.25) is 0 Å². The van der Waals surface area contributed by atoms with E-state index in [9.17, 15) is 8.42 Å². The maximum atomic E-state index is 12.2. The minimum atomic E-state index is -3.79. The summed E-state index contributed by atoms with van der Waals surface area (Å²) in [7, 11) is -3.79. The predicted molar refractivity (Wildman–Crippen MR) is 96.1 cm³/mol. The molecule has 1 heterocycles. The Morgan fingerprint density at radius 2 is 1.55 bits per heavy atom. The van der Waals surface area contributed by atoms with Crippen molar-refractivity contribution in [2.24, 2.45) is 0 Å². The summed E-state index contributed by atoms with van der Waals surface area (Å²) in [4.78, 5) is 0.140. The van der Waals surface area contributed by atoms with E-state index in [4.69, 9.17) is 4.18 Å². The second-order valence-corrected chi connectivity index (χ2v) is 9.82. The van der Waals surface area contributed by atoms with Gasteiger partial charge in [-0.2, -0.15) is 8.42 Å². The minimum Gasteiger partial charge on any atom is -0.379 e. The lowest BCUT2D eigenvalue weighted by Crippen LogP contribution is -2.09. The molecule has 0 unspecified atom stereocenters. The van der Waals surface area contributed by atoms with Crippen LogP contribution in [0.15, 0.2) is 57.9 Å². The van der Waals surface area contributed by atoms with Crippen LogP contribution in [0.1, 0.15) is 10.1 Å². The molecule has 3 nitrogen and oxygen atoms in total. The van der Waals surface area contributed by atoms with Crippen molar-refractivity contribution >= 4 is 49.6 Å². The summed E-state index contributed by atoms with van der Waals surface area (Å²) in [6, 6.07) is 13.7. The summed E-state index contributed by atoms with van der Waals surface area (Å²) in [5, 5.41) is 0. The van der Waals surface area contributed by atoms with Crippen LogP contribution in [0.3, 0.4) is 0 Å². The maximum Gasteiger partial charge on any atom is 0.339 e. The van der Waals surface area contributed by atoms with Crippen LogP contribution >= 0.6 is 39.5 Å². The normalized spacial score (nSPS) is 15.9. The Kier molecular flexibility index (Phi) is 5.07. The topological polar surface area (TPSA) is 43.4 Å². The van der Waals surface area contributed by atoms with Crippen molar-refractivity contribution in [1.29, 1.82) is 0 Å². The average molecular weight is 417 g/mol. The zero-order chi connectivity index (χ0) is 15.6. The van der Waals surface area contributed by atoms with Crippen molar-refractivity contribution in [2.45, 2.75) is 9.48 Å². The monoisotopic (exact) mass is 416 g/mol. The zero-order valence-electron chi connectivity index (χ0n) is 11.4. The van der Waals surface area contributed by atoms with Gasteiger partial charge in [-0.1, -0.05) is 28.1 Å². The van der Waals surface area contributed by atoms with E-state index in [0.29, 0.717) is 10.3 Å². The van der Waals surface area contributed by atoms with E-state index in [2.05, 4.69) is 15.9 Å². The molecule has 116 valence electrons. The first-order chi connectivity index (χ1) is 10.5. The fourth-order valence-electron chi connectivity index (χ4n) is 2.01. The van der Waals surface area contributed by atoms with Gasteiger partial charge in [-0.15, -0.1) is 23.5 Å². The van der Waals surface area contributed by atoms with E-state index in [1.165, 1.54) is 17.7 Å². The second kappa shape index (κ2) is 6.86. The molecule has 7 heteroatoms. The van der Waals surface area contributed by atoms with Gasteiger partial charge in [-0.05, 0) is 42.0 Å². The highest BCUT2D eigenvalue weighted by atomic mass is 79.9. The van der Waals surface area contributed by atoms with Crippen LogP contribution in [0.5, 0.6) is 5.75 Å². The Morgan fingerprint density at radius 3 is 2.14 bits per heavy atom. The summed E-state index contributed by atoms with van der Waals surface area (Å²) >= 11 is 7.10. The van der Waals surface area contributed by atoms with Crippen LogP contribution in [0, 0.1) is 0 Å². The molecule has 0 atom stereocenters. The standard InChI is InChI=1S/C15H13BrO3S3/c16-12-3-7-14(8-4-12)22(17,18)19-13-5-1-11(2-6-13)15-20-9-10-21-15/h1-8,15H,9-10H2. The number of hydrogen-bond acceptors (Lipinski definition) is 5. The predicted octanol–water partition coefficient (Wildman–Crippen LogP) is 4.70. The first-order valence-electron chi connectivity index (χ1n) is 6.58. The molecule has 0 radical (unpaired) electrons. The Labute approximate surface area is 147 Å². The molecule has 1 aliphatic heterocycles. The summed E-state index contributed by atoms with van der Waals surface area (Å²) in [5.74, 6) is 2.65. The SMILES string of the molecule is O=S(=O)(Oc1ccc(C2SCCS2)cc1)c1ccc(Br)cc1. The summed E-state index contributed by atoms with van der Waals surface area (Å²) in [6.07, 6.45) is 0. The van der Waals surface area contributed by atoms with Crippen molar-refractivity contribution < 1.29 is 12.6 Å². The molecule has 1 fully saturated rings. The quantitative estimate of drug-likeness (QED) is 0.675. The van der Waals surface area contributed by atoms with Crippen molar-refractivity contribution in [3.63, 3.8) is 0 Å². The highest BCUT2D eigenvalue weighted by Gasteiger charge is 2.19. The smallest absolute Gasteiger partial charge is 0.339 e. The first-order valence-corrected chi connectivity index (χ1v) is 10.9. The van der Waals surface area contributed by atoms with Crippen molar-refractivity contribution in [1.82, 2.24) is 0 Å². The average Bonchev–Trinajstić information content (AvgIpc) is 3.02. The highest BCUT2D eigenvalue weighted by molar-refractivity contribution is 9.10. The summed E-state index contributed by atoms with van der Waals surface area (Å²) < 4.78 is 30.9. The van der Waals surface area contributed by atoms with Crippen LogP contribution in [0.25, 0.3) is 0 Å². The van der Waals surface area contributed by atoms with E-state index >= 15 is 0 Å². The van der Waals surface area contributed by atoms with E-state index in [-0.39, 0.29) is 4.90 Å². The van der Waals surface area contributed by atoms with Crippen LogP contribution in [-0.2, 0) is 10.1 Å². The van der Waals surface area contributed by atoms with Crippen molar-refractivity contribution in [2.75, 3.05) is 11.5 Å². The fraction of sp³-hybridized carbons (Fsp3) is 0.200. The van der Waals surface area contributed by atoms with Gasteiger partial charge in [0.1, 0.15) is 10.6 Å². The molecule has 0 spiro atoms. The number of rotatable bonds is 4. The summed E-state index contributed by atoms with van der Waals surface area (Å²) in [6.45, 7) is 0. The molecule has 2 aromatic carbocycles. The van der Waals surface area contributed by atoms with Gasteiger partial charge in [0, 0.05) is 16.0 Å². The zero-order valence-corrected chi connectivity index (χ0v) is 15.5. The van der Waals surface area contributed by atoms with Gasteiger partial charge < -0.3 is 4.18 Å². The van der Waals surface area contributed by atoms with Crippen LogP contribution < -0.4 is 4.18 Å². The molecular formula is C15H13BrO3S3. The van der Waals surface area contributed by atoms with E-state index in [1.54, 1.807) is 24.3 Å². The molecule has 1 saturated heterocycles. The molecule has 22 heavy (non-hydrogen) atoms. The third kappa shape index (κ3) is 3.82. The van der Waals surface area contributed by atoms with E-state index in [1.807, 2.05) is 35.7 Å². The molecule has 0 saturated carbocycles. The molecule has 0 aromatic heterocycles. The Bertz CT molecular complexity index is 737. The molecule has 0 aliphatic carbocycles. The number of halogens is 1. The molecule has 0 N–H and O–H groups in total. The summed E-state index contributed by atoms with van der Waals surface area (Å²) in [5.41, 5.74) is 1.20. The fourth-order valence-corrected chi connectivity index (χ4v) is 6.06. The Hall–Kier alpha value is -0.630. The largest absolute Gasteiger partial charge is 0.379 e. The van der Waals surface area contributed by atoms with Crippen LogP contribution in [0.2, 0.25) is 0 Å². The highest BCUT2D eigenvalue weighted by Crippen LogP contribution is 2.45. The third-order valence-corrected chi connectivity index (χ3v) is 7.98. The number of benzene rings is 2. The lowest BCUT2D eigenvalue weighted by molar-refractivity contribution is 0.486. The van der Waals surface area contributed by atoms with Gasteiger partial charge in [0.15, 0.2) is 0 Å². The van der Waals surface area contributed by atoms with Crippen LogP contribution in [-0.4, -0.2) is 19.9 Å². The van der Waals surface area contributed by atoms with Crippen LogP contribution in [0.4, 0.5) is 0 Å². The van der Waals surface area contributed by atoms with Gasteiger partial charge >= 0.3 is 10.1 Å². The number of thioether (sulfide) groups is 2. The third-order valence-electron chi connectivity index (χ3n) is 3.08. The maximum absolute atomic E-state index is 12.2.